The second-order valence-electron chi connectivity index (χ2n) is 12.1. The SMILES string of the molecule is C[C@H](/C=C/c1ccccc1)[C@H]1CC[C@H]2[C@@H]3C[C@H](O)[C@@H]4C[C@H](O)CC[C@]4(C)[C@H]3CC[C@]12C. The minimum absolute atomic E-state index is 0.203. The van der Waals surface area contributed by atoms with Crippen molar-refractivity contribution in [3.8, 4) is 0 Å². The standard InChI is InChI=1S/C29H42O2/c1-19(9-10-20-7-5-4-6-8-20)23-11-12-24-22-18-27(31)26-17-21(30)13-15-29(26,3)25(22)14-16-28(23,24)2/h4-10,19,21-27,30-31H,11-18H2,1-3H3/b10-9+/t19-,21-,22+,23-,24+,25+,26+,27+,28-,29-/m1/s1. The van der Waals surface area contributed by atoms with Crippen molar-refractivity contribution in [2.24, 2.45) is 46.3 Å². The van der Waals surface area contributed by atoms with Crippen LogP contribution < -0.4 is 0 Å². The van der Waals surface area contributed by atoms with Gasteiger partial charge in [-0.1, -0.05) is 63.3 Å². The molecule has 2 heteroatoms. The van der Waals surface area contributed by atoms with Crippen LogP contribution in [0.4, 0.5) is 0 Å². The first-order chi connectivity index (χ1) is 14.8. The molecule has 1 aromatic rings. The fraction of sp³-hybridized carbons (Fsp3) is 0.724. The molecule has 1 aromatic carbocycles. The van der Waals surface area contributed by atoms with Gasteiger partial charge in [-0.05, 0) is 103 Å². The third kappa shape index (κ3) is 3.53. The molecule has 2 N–H and O–H groups in total. The summed E-state index contributed by atoms with van der Waals surface area (Å²) in [6.45, 7) is 7.48. The smallest absolute Gasteiger partial charge is 0.0577 e. The largest absolute Gasteiger partial charge is 0.393 e. The van der Waals surface area contributed by atoms with Crippen LogP contribution in [0.3, 0.4) is 0 Å². The molecule has 5 rings (SSSR count). The molecule has 0 heterocycles. The van der Waals surface area contributed by atoms with Crippen LogP contribution in [-0.4, -0.2) is 22.4 Å². The maximum atomic E-state index is 11.2. The highest BCUT2D eigenvalue weighted by molar-refractivity contribution is 5.49. The Morgan fingerprint density at radius 3 is 2.35 bits per heavy atom. The summed E-state index contributed by atoms with van der Waals surface area (Å²) in [4.78, 5) is 0. The van der Waals surface area contributed by atoms with E-state index in [0.717, 1.165) is 43.4 Å². The molecule has 0 unspecified atom stereocenters. The van der Waals surface area contributed by atoms with E-state index in [9.17, 15) is 10.2 Å². The molecule has 0 bridgehead atoms. The monoisotopic (exact) mass is 422 g/mol. The predicted molar refractivity (Wildman–Crippen MR) is 127 cm³/mol. The molecule has 4 fully saturated rings. The van der Waals surface area contributed by atoms with E-state index in [4.69, 9.17) is 0 Å². The molecule has 31 heavy (non-hydrogen) atoms. The van der Waals surface area contributed by atoms with Crippen molar-refractivity contribution in [3.05, 3.63) is 42.0 Å². The van der Waals surface area contributed by atoms with Crippen LogP contribution >= 0.6 is 0 Å². The molecule has 0 saturated heterocycles. The fourth-order valence-electron chi connectivity index (χ4n) is 9.14. The second kappa shape index (κ2) is 8.03. The van der Waals surface area contributed by atoms with Crippen molar-refractivity contribution in [2.45, 2.75) is 84.3 Å². The summed E-state index contributed by atoms with van der Waals surface area (Å²) in [6, 6.07) is 10.7. The number of hydrogen-bond donors (Lipinski definition) is 2. The average Bonchev–Trinajstić information content (AvgIpc) is 3.12. The highest BCUT2D eigenvalue weighted by atomic mass is 16.3. The quantitative estimate of drug-likeness (QED) is 0.598. The zero-order valence-electron chi connectivity index (χ0n) is 19.7. The van der Waals surface area contributed by atoms with Crippen LogP contribution in [0.2, 0.25) is 0 Å². The summed E-state index contributed by atoms with van der Waals surface area (Å²) >= 11 is 0. The molecule has 0 amide bonds. The van der Waals surface area contributed by atoms with E-state index in [0.29, 0.717) is 23.2 Å². The molecule has 0 aromatic heterocycles. The van der Waals surface area contributed by atoms with Crippen molar-refractivity contribution in [1.29, 1.82) is 0 Å². The van der Waals surface area contributed by atoms with Gasteiger partial charge in [0.1, 0.15) is 0 Å². The highest BCUT2D eigenvalue weighted by Crippen LogP contribution is 2.68. The Morgan fingerprint density at radius 1 is 0.871 bits per heavy atom. The van der Waals surface area contributed by atoms with Crippen LogP contribution in [0.15, 0.2) is 36.4 Å². The van der Waals surface area contributed by atoms with Gasteiger partial charge >= 0.3 is 0 Å². The molecule has 2 nitrogen and oxygen atoms in total. The number of hydrogen-bond acceptors (Lipinski definition) is 2. The van der Waals surface area contributed by atoms with Gasteiger partial charge in [-0.3, -0.25) is 0 Å². The summed E-state index contributed by atoms with van der Waals surface area (Å²) in [5.74, 6) is 3.79. The van der Waals surface area contributed by atoms with E-state index in [-0.39, 0.29) is 17.6 Å². The number of benzene rings is 1. The second-order valence-corrected chi connectivity index (χ2v) is 12.1. The lowest BCUT2D eigenvalue weighted by atomic mass is 9.44. The molecule has 4 saturated carbocycles. The lowest BCUT2D eigenvalue weighted by Gasteiger charge is -2.62. The summed E-state index contributed by atoms with van der Waals surface area (Å²) in [7, 11) is 0. The summed E-state index contributed by atoms with van der Waals surface area (Å²) in [5.41, 5.74) is 1.92. The number of aliphatic hydroxyl groups is 2. The van der Waals surface area contributed by atoms with Gasteiger partial charge in [-0.25, -0.2) is 0 Å². The summed E-state index contributed by atoms with van der Waals surface area (Å²) < 4.78 is 0. The van der Waals surface area contributed by atoms with E-state index in [2.05, 4.69) is 63.3 Å². The van der Waals surface area contributed by atoms with E-state index in [1.807, 2.05) is 0 Å². The first-order valence-electron chi connectivity index (χ1n) is 12.9. The zero-order chi connectivity index (χ0) is 21.8. The van der Waals surface area contributed by atoms with Crippen LogP contribution in [-0.2, 0) is 0 Å². The minimum Gasteiger partial charge on any atom is -0.393 e. The molecule has 170 valence electrons. The molecule has 4 aliphatic rings. The number of rotatable bonds is 3. The van der Waals surface area contributed by atoms with Crippen LogP contribution in [0.5, 0.6) is 0 Å². The van der Waals surface area contributed by atoms with Gasteiger partial charge < -0.3 is 10.2 Å². The van der Waals surface area contributed by atoms with E-state index >= 15 is 0 Å². The Hall–Kier alpha value is -1.12. The Bertz CT molecular complexity index is 802. The molecular formula is C29H42O2. The molecular weight excluding hydrogens is 380 g/mol. The average molecular weight is 423 g/mol. The van der Waals surface area contributed by atoms with Crippen molar-refractivity contribution < 1.29 is 10.2 Å². The minimum atomic E-state index is -0.224. The summed E-state index contributed by atoms with van der Waals surface area (Å²) in [5, 5.41) is 21.5. The lowest BCUT2D eigenvalue weighted by Crippen LogP contribution is -2.58. The van der Waals surface area contributed by atoms with Gasteiger partial charge in [0.05, 0.1) is 12.2 Å². The lowest BCUT2D eigenvalue weighted by molar-refractivity contribution is -0.171. The third-order valence-corrected chi connectivity index (χ3v) is 10.8. The topological polar surface area (TPSA) is 40.5 Å². The van der Waals surface area contributed by atoms with Gasteiger partial charge in [0.15, 0.2) is 0 Å². The zero-order valence-corrected chi connectivity index (χ0v) is 19.7. The Kier molecular flexibility index (Phi) is 5.62. The molecule has 0 aliphatic heterocycles. The molecule has 0 radical (unpaired) electrons. The van der Waals surface area contributed by atoms with Crippen LogP contribution in [0, 0.1) is 46.3 Å². The van der Waals surface area contributed by atoms with Crippen molar-refractivity contribution in [1.82, 2.24) is 0 Å². The Labute approximate surface area is 189 Å². The van der Waals surface area contributed by atoms with Crippen molar-refractivity contribution in [2.75, 3.05) is 0 Å². The third-order valence-electron chi connectivity index (χ3n) is 10.8. The highest BCUT2D eigenvalue weighted by Gasteiger charge is 2.62. The van der Waals surface area contributed by atoms with Gasteiger partial charge in [0, 0.05) is 0 Å². The van der Waals surface area contributed by atoms with Gasteiger partial charge in [-0.15, -0.1) is 0 Å². The molecule has 10 atom stereocenters. The first-order valence-corrected chi connectivity index (χ1v) is 12.9. The van der Waals surface area contributed by atoms with Crippen LogP contribution in [0.1, 0.15) is 77.7 Å². The maximum Gasteiger partial charge on any atom is 0.0577 e. The van der Waals surface area contributed by atoms with Crippen LogP contribution in [0.25, 0.3) is 6.08 Å². The number of aliphatic hydroxyl groups excluding tert-OH is 2. The molecule has 4 aliphatic carbocycles. The number of fused-ring (bicyclic) bond motifs is 5. The number of allylic oxidation sites excluding steroid dienone is 1. The van der Waals surface area contributed by atoms with Crippen molar-refractivity contribution >= 4 is 6.08 Å². The molecule has 0 spiro atoms. The Balaban J connectivity index is 1.36. The van der Waals surface area contributed by atoms with E-state index in [1.54, 1.807) is 0 Å². The van der Waals surface area contributed by atoms with E-state index in [1.165, 1.54) is 31.2 Å². The maximum absolute atomic E-state index is 11.2. The van der Waals surface area contributed by atoms with Crippen molar-refractivity contribution in [3.63, 3.8) is 0 Å². The van der Waals surface area contributed by atoms with Gasteiger partial charge in [0.2, 0.25) is 0 Å². The van der Waals surface area contributed by atoms with Gasteiger partial charge in [-0.2, -0.15) is 0 Å². The Morgan fingerprint density at radius 2 is 1.58 bits per heavy atom. The first kappa shape index (κ1) is 21.7. The van der Waals surface area contributed by atoms with E-state index < -0.39 is 0 Å². The summed E-state index contributed by atoms with van der Waals surface area (Å²) in [6.07, 6.45) is 13.5. The predicted octanol–water partition coefficient (Wildman–Crippen LogP) is 6.33. The normalized spacial score (nSPS) is 48.1. The fourth-order valence-corrected chi connectivity index (χ4v) is 9.14. The van der Waals surface area contributed by atoms with Gasteiger partial charge in [0.25, 0.3) is 0 Å².